The molecule has 36 heavy (non-hydrogen) atoms. The Morgan fingerprint density at radius 3 is 2.56 bits per heavy atom. The smallest absolute Gasteiger partial charge is 0.307 e. The Hall–Kier alpha value is -4.48. The zero-order valence-corrected chi connectivity index (χ0v) is 20.5. The molecule has 0 spiro atoms. The summed E-state index contributed by atoms with van der Waals surface area (Å²) in [5.74, 6) is 1.16. The highest BCUT2D eigenvalue weighted by atomic mass is 35.5. The molecule has 0 saturated carbocycles. The lowest BCUT2D eigenvalue weighted by atomic mass is 10.2. The summed E-state index contributed by atoms with van der Waals surface area (Å²) in [6, 6.07) is 21.9. The van der Waals surface area contributed by atoms with Gasteiger partial charge in [-0.15, -0.1) is 0 Å². The standard InChI is InChI=1S/C27H23ClN4O4/c1-18-3-4-19(2)32(18)22-6-8-23(9-7-22)35-17-24-10-12-26(36-24)27(33)31-30-16-20-15-21(28)5-11-25(20)34-14-13-29/h3-12,15-16H,14,17H2,1-2H3,(H,31,33)/b30-16+. The van der Waals surface area contributed by atoms with Crippen molar-refractivity contribution in [1.82, 2.24) is 9.99 Å². The predicted molar refractivity (Wildman–Crippen MR) is 136 cm³/mol. The lowest BCUT2D eigenvalue weighted by Crippen LogP contribution is -2.16. The van der Waals surface area contributed by atoms with E-state index in [9.17, 15) is 4.79 Å². The van der Waals surface area contributed by atoms with E-state index < -0.39 is 5.91 Å². The Bertz CT molecular complexity index is 1410. The van der Waals surface area contributed by atoms with Crippen molar-refractivity contribution >= 4 is 23.7 Å². The van der Waals surface area contributed by atoms with Gasteiger partial charge in [0.25, 0.3) is 0 Å². The maximum atomic E-state index is 12.4. The number of hydrogen-bond donors (Lipinski definition) is 1. The fourth-order valence-electron chi connectivity index (χ4n) is 3.58. The summed E-state index contributed by atoms with van der Waals surface area (Å²) in [5.41, 5.74) is 6.29. The average molecular weight is 503 g/mol. The first-order valence-electron chi connectivity index (χ1n) is 11.0. The lowest BCUT2D eigenvalue weighted by Gasteiger charge is -2.10. The van der Waals surface area contributed by atoms with Crippen molar-refractivity contribution in [3.63, 3.8) is 0 Å². The van der Waals surface area contributed by atoms with Gasteiger partial charge in [0, 0.05) is 27.7 Å². The second-order valence-electron chi connectivity index (χ2n) is 7.83. The predicted octanol–water partition coefficient (Wildman–Crippen LogP) is 5.59. The molecule has 0 aliphatic rings. The van der Waals surface area contributed by atoms with Crippen molar-refractivity contribution in [2.75, 3.05) is 6.61 Å². The Morgan fingerprint density at radius 2 is 1.83 bits per heavy atom. The molecule has 2 heterocycles. The van der Waals surface area contributed by atoms with Crippen molar-refractivity contribution in [3.8, 4) is 23.3 Å². The van der Waals surface area contributed by atoms with Crippen LogP contribution in [0.1, 0.15) is 33.3 Å². The van der Waals surface area contributed by atoms with Gasteiger partial charge in [0.15, 0.2) is 12.4 Å². The molecule has 4 aromatic rings. The minimum atomic E-state index is -0.527. The highest BCUT2D eigenvalue weighted by Crippen LogP contribution is 2.22. The summed E-state index contributed by atoms with van der Waals surface area (Å²) in [4.78, 5) is 12.4. The van der Waals surface area contributed by atoms with Crippen LogP contribution in [0.25, 0.3) is 5.69 Å². The van der Waals surface area contributed by atoms with E-state index in [-0.39, 0.29) is 19.0 Å². The first-order valence-corrected chi connectivity index (χ1v) is 11.4. The van der Waals surface area contributed by atoms with E-state index in [2.05, 4.69) is 41.1 Å². The molecular weight excluding hydrogens is 480 g/mol. The number of halogens is 1. The van der Waals surface area contributed by atoms with Crippen molar-refractivity contribution < 1.29 is 18.7 Å². The molecule has 0 aliphatic carbocycles. The fraction of sp³-hybridized carbons (Fsp3) is 0.148. The molecule has 182 valence electrons. The summed E-state index contributed by atoms with van der Waals surface area (Å²) in [7, 11) is 0. The molecule has 4 rings (SSSR count). The van der Waals surface area contributed by atoms with Crippen LogP contribution < -0.4 is 14.9 Å². The molecule has 0 fully saturated rings. The van der Waals surface area contributed by atoms with Gasteiger partial charge in [-0.05, 0) is 80.6 Å². The Morgan fingerprint density at radius 1 is 1.08 bits per heavy atom. The third kappa shape index (κ3) is 5.95. The molecule has 1 N–H and O–H groups in total. The van der Waals surface area contributed by atoms with Crippen LogP contribution in [0.15, 0.2) is 76.2 Å². The van der Waals surface area contributed by atoms with E-state index in [1.54, 1.807) is 30.3 Å². The minimum absolute atomic E-state index is 0.0895. The van der Waals surface area contributed by atoms with E-state index in [1.165, 1.54) is 6.21 Å². The van der Waals surface area contributed by atoms with Gasteiger partial charge >= 0.3 is 5.91 Å². The number of benzene rings is 2. The molecule has 0 aliphatic heterocycles. The number of ether oxygens (including phenoxy) is 2. The maximum absolute atomic E-state index is 12.4. The number of aryl methyl sites for hydroxylation is 2. The van der Waals surface area contributed by atoms with Crippen molar-refractivity contribution in [2.24, 2.45) is 5.10 Å². The summed E-state index contributed by atoms with van der Waals surface area (Å²) in [5, 5.41) is 13.1. The van der Waals surface area contributed by atoms with Gasteiger partial charge in [-0.2, -0.15) is 10.4 Å². The molecule has 0 unspecified atom stereocenters. The van der Waals surface area contributed by atoms with Crippen LogP contribution in [0, 0.1) is 25.2 Å². The molecule has 8 nitrogen and oxygen atoms in total. The number of nitrogens with one attached hydrogen (secondary N) is 1. The summed E-state index contributed by atoms with van der Waals surface area (Å²) < 4.78 is 18.9. The summed E-state index contributed by atoms with van der Waals surface area (Å²) >= 11 is 6.01. The van der Waals surface area contributed by atoms with Crippen molar-refractivity contribution in [2.45, 2.75) is 20.5 Å². The second kappa shape index (κ2) is 11.3. The SMILES string of the molecule is Cc1ccc(C)n1-c1ccc(OCc2ccc(C(=O)N/N=C/c3cc(Cl)ccc3OCC#N)o2)cc1. The number of hydrazone groups is 1. The topological polar surface area (TPSA) is 102 Å². The van der Waals surface area contributed by atoms with Crippen LogP contribution in [0.5, 0.6) is 11.5 Å². The lowest BCUT2D eigenvalue weighted by molar-refractivity contribution is 0.0923. The highest BCUT2D eigenvalue weighted by molar-refractivity contribution is 6.30. The monoisotopic (exact) mass is 502 g/mol. The zero-order chi connectivity index (χ0) is 25.5. The molecule has 2 aromatic heterocycles. The van der Waals surface area contributed by atoms with E-state index in [0.717, 1.165) is 17.1 Å². The average Bonchev–Trinajstić information content (AvgIpc) is 3.49. The molecule has 1 amide bonds. The number of carbonyl (C=O) groups is 1. The molecule has 0 saturated heterocycles. The van der Waals surface area contributed by atoms with Crippen molar-refractivity contribution in [3.05, 3.63) is 100 Å². The highest BCUT2D eigenvalue weighted by Gasteiger charge is 2.12. The molecule has 9 heteroatoms. The minimum Gasteiger partial charge on any atom is -0.486 e. The fourth-order valence-corrected chi connectivity index (χ4v) is 3.76. The van der Waals surface area contributed by atoms with Gasteiger partial charge < -0.3 is 18.5 Å². The Kier molecular flexibility index (Phi) is 7.73. The van der Waals surface area contributed by atoms with Crippen LogP contribution >= 0.6 is 11.6 Å². The largest absolute Gasteiger partial charge is 0.486 e. The van der Waals surface area contributed by atoms with Gasteiger partial charge in [-0.1, -0.05) is 11.6 Å². The number of rotatable bonds is 9. The van der Waals surface area contributed by atoms with Crippen molar-refractivity contribution in [1.29, 1.82) is 5.26 Å². The number of nitrogens with zero attached hydrogens (tertiary/aromatic N) is 3. The van der Waals surface area contributed by atoms with E-state index in [0.29, 0.717) is 27.8 Å². The number of furan rings is 1. The van der Waals surface area contributed by atoms with E-state index in [1.807, 2.05) is 30.3 Å². The first-order chi connectivity index (χ1) is 17.4. The van der Waals surface area contributed by atoms with Crippen LogP contribution in [0.3, 0.4) is 0 Å². The maximum Gasteiger partial charge on any atom is 0.307 e. The van der Waals surface area contributed by atoms with Gasteiger partial charge in [-0.25, -0.2) is 5.43 Å². The first kappa shape index (κ1) is 24.6. The van der Waals surface area contributed by atoms with E-state index in [4.69, 9.17) is 30.8 Å². The van der Waals surface area contributed by atoms with Gasteiger partial charge in [0.05, 0.1) is 6.21 Å². The van der Waals surface area contributed by atoms with Gasteiger partial charge in [-0.3, -0.25) is 4.79 Å². The number of amides is 1. The number of aromatic nitrogens is 1. The van der Waals surface area contributed by atoms with Gasteiger partial charge in [0.1, 0.15) is 29.9 Å². The van der Waals surface area contributed by atoms with Crippen LogP contribution in [-0.2, 0) is 6.61 Å². The number of carbonyl (C=O) groups excluding carboxylic acids is 1. The number of nitriles is 1. The summed E-state index contributed by atoms with van der Waals surface area (Å²) in [6.45, 7) is 4.17. The van der Waals surface area contributed by atoms with Crippen LogP contribution in [0.4, 0.5) is 0 Å². The zero-order valence-electron chi connectivity index (χ0n) is 19.7. The molecular formula is C27H23ClN4O4. The quantitative estimate of drug-likeness (QED) is 0.237. The molecule has 0 radical (unpaired) electrons. The third-order valence-corrected chi connectivity index (χ3v) is 5.50. The Balaban J connectivity index is 1.32. The Labute approximate surface area is 213 Å². The third-order valence-electron chi connectivity index (χ3n) is 5.27. The van der Waals surface area contributed by atoms with Crippen LogP contribution in [0.2, 0.25) is 5.02 Å². The normalized spacial score (nSPS) is 10.8. The molecule has 2 aromatic carbocycles. The van der Waals surface area contributed by atoms with Crippen LogP contribution in [-0.4, -0.2) is 23.3 Å². The molecule has 0 atom stereocenters. The molecule has 0 bridgehead atoms. The summed E-state index contributed by atoms with van der Waals surface area (Å²) in [6.07, 6.45) is 1.38. The van der Waals surface area contributed by atoms with E-state index >= 15 is 0 Å². The second-order valence-corrected chi connectivity index (χ2v) is 8.26. The number of hydrogen-bond acceptors (Lipinski definition) is 6. The van der Waals surface area contributed by atoms with Gasteiger partial charge in [0.2, 0.25) is 0 Å².